The molecule has 1 fully saturated rings. The third-order valence-electron chi connectivity index (χ3n) is 6.05. The Hall–Kier alpha value is -2.24. The van der Waals surface area contributed by atoms with E-state index in [1.165, 1.54) is 6.42 Å². The molecule has 0 saturated heterocycles. The summed E-state index contributed by atoms with van der Waals surface area (Å²) in [6.45, 7) is 3.91. The third-order valence-corrected chi connectivity index (χ3v) is 6.63. The lowest BCUT2D eigenvalue weighted by Crippen LogP contribution is -2.52. The Labute approximate surface area is 206 Å². The van der Waals surface area contributed by atoms with E-state index in [4.69, 9.17) is 27.9 Å². The Morgan fingerprint density at radius 3 is 2.55 bits per heavy atom. The molecule has 178 valence electrons. The molecule has 2 aromatic carbocycles. The zero-order valence-electron chi connectivity index (χ0n) is 19.3. The molecule has 1 aliphatic rings. The number of nitrogens with zero attached hydrogens (tertiary/aromatic N) is 1. The van der Waals surface area contributed by atoms with Crippen LogP contribution in [0.25, 0.3) is 0 Å². The summed E-state index contributed by atoms with van der Waals surface area (Å²) in [7, 11) is 0. The van der Waals surface area contributed by atoms with Gasteiger partial charge in [0.25, 0.3) is 5.91 Å². The number of carbonyl (C=O) groups is 2. The number of nitrogens with one attached hydrogen (secondary N) is 1. The Morgan fingerprint density at radius 2 is 1.88 bits per heavy atom. The van der Waals surface area contributed by atoms with E-state index in [-0.39, 0.29) is 31.0 Å². The van der Waals surface area contributed by atoms with Gasteiger partial charge in [0, 0.05) is 22.6 Å². The summed E-state index contributed by atoms with van der Waals surface area (Å²) in [5.41, 5.74) is 1.77. The van der Waals surface area contributed by atoms with E-state index in [9.17, 15) is 9.59 Å². The summed E-state index contributed by atoms with van der Waals surface area (Å²) in [6, 6.07) is 12.3. The standard InChI is InChI=1S/C26H32Cl2N2O3/c1-3-24(26(32)29-21-9-5-4-6-10-21)30(16-19-12-13-20(27)15-23(19)28)25(31)17-33-22-11-7-8-18(2)14-22/h7-8,11-15,21,24H,3-6,9-10,16-17H2,1-2H3,(H,29,32)/t24-/m0/s1. The number of benzene rings is 2. The van der Waals surface area contributed by atoms with E-state index in [2.05, 4.69) is 5.32 Å². The highest BCUT2D eigenvalue weighted by molar-refractivity contribution is 6.35. The summed E-state index contributed by atoms with van der Waals surface area (Å²) < 4.78 is 5.76. The average molecular weight is 491 g/mol. The lowest BCUT2D eigenvalue weighted by Gasteiger charge is -2.33. The van der Waals surface area contributed by atoms with Crippen molar-refractivity contribution in [2.75, 3.05) is 6.61 Å². The summed E-state index contributed by atoms with van der Waals surface area (Å²) in [5.74, 6) is 0.221. The molecule has 1 atom stereocenters. The Kier molecular flexibility index (Phi) is 9.45. The highest BCUT2D eigenvalue weighted by Gasteiger charge is 2.31. The van der Waals surface area contributed by atoms with E-state index < -0.39 is 6.04 Å². The Bertz CT molecular complexity index is 960. The minimum Gasteiger partial charge on any atom is -0.484 e. The molecule has 0 aliphatic heterocycles. The number of hydrogen-bond acceptors (Lipinski definition) is 3. The predicted molar refractivity (Wildman–Crippen MR) is 133 cm³/mol. The van der Waals surface area contributed by atoms with Gasteiger partial charge in [-0.15, -0.1) is 0 Å². The van der Waals surface area contributed by atoms with Crippen LogP contribution in [0, 0.1) is 6.92 Å². The first-order chi connectivity index (χ1) is 15.9. The van der Waals surface area contributed by atoms with Crippen molar-refractivity contribution in [2.24, 2.45) is 0 Å². The van der Waals surface area contributed by atoms with E-state index in [0.717, 1.165) is 36.8 Å². The number of rotatable bonds is 9. The molecule has 5 nitrogen and oxygen atoms in total. The first-order valence-corrected chi connectivity index (χ1v) is 12.4. The van der Waals surface area contributed by atoms with Gasteiger partial charge in [0.05, 0.1) is 0 Å². The number of aryl methyl sites for hydroxylation is 1. The van der Waals surface area contributed by atoms with Crippen LogP contribution in [-0.2, 0) is 16.1 Å². The molecule has 1 aliphatic carbocycles. The maximum Gasteiger partial charge on any atom is 0.261 e. The van der Waals surface area contributed by atoms with Gasteiger partial charge in [0.2, 0.25) is 5.91 Å². The van der Waals surface area contributed by atoms with Crippen molar-refractivity contribution in [1.29, 1.82) is 0 Å². The fraction of sp³-hybridized carbons (Fsp3) is 0.462. The van der Waals surface area contributed by atoms with Gasteiger partial charge in [-0.2, -0.15) is 0 Å². The quantitative estimate of drug-likeness (QED) is 0.473. The minimum absolute atomic E-state index is 0.126. The van der Waals surface area contributed by atoms with Gasteiger partial charge >= 0.3 is 0 Å². The minimum atomic E-state index is -0.618. The molecule has 0 radical (unpaired) electrons. The second-order valence-corrected chi connectivity index (χ2v) is 9.47. The van der Waals surface area contributed by atoms with E-state index in [0.29, 0.717) is 22.2 Å². The van der Waals surface area contributed by atoms with Crippen LogP contribution in [0.5, 0.6) is 5.75 Å². The molecular formula is C26H32Cl2N2O3. The summed E-state index contributed by atoms with van der Waals surface area (Å²) in [4.78, 5) is 28.1. The predicted octanol–water partition coefficient (Wildman–Crippen LogP) is 5.94. The van der Waals surface area contributed by atoms with Gasteiger partial charge in [0.15, 0.2) is 6.61 Å². The van der Waals surface area contributed by atoms with Gasteiger partial charge < -0.3 is 15.0 Å². The third kappa shape index (κ3) is 7.38. The smallest absolute Gasteiger partial charge is 0.261 e. The van der Waals surface area contributed by atoms with Gasteiger partial charge in [-0.05, 0) is 61.6 Å². The molecule has 3 rings (SSSR count). The Balaban J connectivity index is 1.78. The molecule has 33 heavy (non-hydrogen) atoms. The van der Waals surface area contributed by atoms with Crippen LogP contribution >= 0.6 is 23.2 Å². The summed E-state index contributed by atoms with van der Waals surface area (Å²) in [5, 5.41) is 4.15. The van der Waals surface area contributed by atoms with Crippen LogP contribution < -0.4 is 10.1 Å². The van der Waals surface area contributed by atoms with Crippen LogP contribution in [0.3, 0.4) is 0 Å². The molecule has 0 spiro atoms. The highest BCUT2D eigenvalue weighted by Crippen LogP contribution is 2.24. The molecular weight excluding hydrogens is 459 g/mol. The zero-order valence-corrected chi connectivity index (χ0v) is 20.8. The van der Waals surface area contributed by atoms with Gasteiger partial charge in [-0.1, -0.05) is 67.6 Å². The monoisotopic (exact) mass is 490 g/mol. The van der Waals surface area contributed by atoms with Gasteiger partial charge in [0.1, 0.15) is 11.8 Å². The molecule has 1 N–H and O–H groups in total. The molecule has 0 heterocycles. The van der Waals surface area contributed by atoms with Crippen LogP contribution in [0.2, 0.25) is 10.0 Å². The number of carbonyl (C=O) groups excluding carboxylic acids is 2. The molecule has 0 bridgehead atoms. The van der Waals surface area contributed by atoms with E-state index >= 15 is 0 Å². The average Bonchev–Trinajstić information content (AvgIpc) is 2.79. The van der Waals surface area contributed by atoms with Crippen molar-refractivity contribution in [3.05, 3.63) is 63.6 Å². The first kappa shape index (κ1) is 25.4. The van der Waals surface area contributed by atoms with Crippen molar-refractivity contribution < 1.29 is 14.3 Å². The second kappa shape index (κ2) is 12.3. The maximum atomic E-state index is 13.3. The van der Waals surface area contributed by atoms with Crippen molar-refractivity contribution in [2.45, 2.75) is 71.0 Å². The molecule has 2 amide bonds. The second-order valence-electron chi connectivity index (χ2n) is 8.63. The lowest BCUT2D eigenvalue weighted by atomic mass is 9.95. The van der Waals surface area contributed by atoms with Crippen molar-refractivity contribution >= 4 is 35.0 Å². The topological polar surface area (TPSA) is 58.6 Å². The number of halogens is 2. The zero-order chi connectivity index (χ0) is 23.8. The summed E-state index contributed by atoms with van der Waals surface area (Å²) in [6.07, 6.45) is 5.90. The van der Waals surface area contributed by atoms with Gasteiger partial charge in [-0.3, -0.25) is 9.59 Å². The number of hydrogen-bond donors (Lipinski definition) is 1. The van der Waals surface area contributed by atoms with Crippen molar-refractivity contribution in [1.82, 2.24) is 10.2 Å². The van der Waals surface area contributed by atoms with Crippen LogP contribution in [-0.4, -0.2) is 35.4 Å². The van der Waals surface area contributed by atoms with Crippen molar-refractivity contribution in [3.63, 3.8) is 0 Å². The fourth-order valence-corrected chi connectivity index (χ4v) is 4.70. The van der Waals surface area contributed by atoms with Crippen LogP contribution in [0.15, 0.2) is 42.5 Å². The van der Waals surface area contributed by atoms with Crippen molar-refractivity contribution in [3.8, 4) is 5.75 Å². The Morgan fingerprint density at radius 1 is 1.12 bits per heavy atom. The van der Waals surface area contributed by atoms with Crippen LogP contribution in [0.1, 0.15) is 56.6 Å². The number of ether oxygens (including phenoxy) is 1. The number of amides is 2. The fourth-order valence-electron chi connectivity index (χ4n) is 4.23. The summed E-state index contributed by atoms with van der Waals surface area (Å²) >= 11 is 12.4. The molecule has 2 aromatic rings. The molecule has 7 heteroatoms. The normalized spacial score (nSPS) is 15.0. The largest absolute Gasteiger partial charge is 0.484 e. The highest BCUT2D eigenvalue weighted by atomic mass is 35.5. The van der Waals surface area contributed by atoms with Crippen LogP contribution in [0.4, 0.5) is 0 Å². The maximum absolute atomic E-state index is 13.3. The molecule has 0 aromatic heterocycles. The van der Waals surface area contributed by atoms with E-state index in [1.54, 1.807) is 23.1 Å². The van der Waals surface area contributed by atoms with Gasteiger partial charge in [-0.25, -0.2) is 0 Å². The first-order valence-electron chi connectivity index (χ1n) is 11.6. The van der Waals surface area contributed by atoms with E-state index in [1.807, 2.05) is 38.1 Å². The SMILES string of the molecule is CC[C@@H](C(=O)NC1CCCCC1)N(Cc1ccc(Cl)cc1Cl)C(=O)COc1cccc(C)c1. The lowest BCUT2D eigenvalue weighted by molar-refractivity contribution is -0.143. The molecule has 0 unspecified atom stereocenters. The molecule has 1 saturated carbocycles.